The summed E-state index contributed by atoms with van der Waals surface area (Å²) in [6.45, 7) is 9.20. The van der Waals surface area contributed by atoms with Crippen molar-refractivity contribution in [3.8, 4) is 0 Å². The highest BCUT2D eigenvalue weighted by Gasteiger charge is 2.08. The van der Waals surface area contributed by atoms with E-state index >= 15 is 0 Å². The van der Waals surface area contributed by atoms with Crippen molar-refractivity contribution in [2.45, 2.75) is 20.8 Å². The average molecular weight is 267 g/mol. The van der Waals surface area contributed by atoms with Gasteiger partial charge in [0, 0.05) is 11.6 Å². The van der Waals surface area contributed by atoms with Crippen LogP contribution in [0.3, 0.4) is 0 Å². The Kier molecular flexibility index (Phi) is 4.14. The summed E-state index contributed by atoms with van der Waals surface area (Å²) < 4.78 is 13.8. The SMILES string of the molecule is C=C(C)/C(F)=C\C(=C/C)c1ccc2cccnc2c1C. The number of benzene rings is 1. The van der Waals surface area contributed by atoms with E-state index in [9.17, 15) is 4.39 Å². The summed E-state index contributed by atoms with van der Waals surface area (Å²) in [7, 11) is 0. The summed E-state index contributed by atoms with van der Waals surface area (Å²) >= 11 is 0. The van der Waals surface area contributed by atoms with Crippen LogP contribution in [0.25, 0.3) is 16.5 Å². The zero-order valence-electron chi connectivity index (χ0n) is 12.1. The summed E-state index contributed by atoms with van der Waals surface area (Å²) in [5.41, 5.74) is 4.28. The number of rotatable bonds is 3. The van der Waals surface area contributed by atoms with Crippen molar-refractivity contribution in [1.29, 1.82) is 0 Å². The lowest BCUT2D eigenvalue weighted by molar-refractivity contribution is 0.653. The third kappa shape index (κ3) is 2.69. The third-order valence-electron chi connectivity index (χ3n) is 3.34. The number of hydrogen-bond donors (Lipinski definition) is 0. The predicted molar refractivity (Wildman–Crippen MR) is 84.1 cm³/mol. The van der Waals surface area contributed by atoms with Crippen molar-refractivity contribution in [3.63, 3.8) is 0 Å². The zero-order chi connectivity index (χ0) is 14.7. The topological polar surface area (TPSA) is 12.9 Å². The van der Waals surface area contributed by atoms with Gasteiger partial charge in [0.15, 0.2) is 0 Å². The van der Waals surface area contributed by atoms with Gasteiger partial charge in [-0.3, -0.25) is 4.98 Å². The monoisotopic (exact) mass is 267 g/mol. The molecule has 2 aromatic rings. The van der Waals surface area contributed by atoms with Crippen LogP contribution in [0.15, 0.2) is 60.6 Å². The fraction of sp³-hybridized carbons (Fsp3) is 0.167. The summed E-state index contributed by atoms with van der Waals surface area (Å²) in [6, 6.07) is 7.97. The van der Waals surface area contributed by atoms with E-state index in [0.717, 1.165) is 27.6 Å². The molecule has 0 bridgehead atoms. The fourth-order valence-electron chi connectivity index (χ4n) is 2.18. The molecule has 2 heteroatoms. The molecular formula is C18H18FN. The first kappa shape index (κ1) is 14.2. The molecule has 1 aromatic carbocycles. The summed E-state index contributed by atoms with van der Waals surface area (Å²) in [6.07, 6.45) is 5.21. The van der Waals surface area contributed by atoms with Crippen LogP contribution in [0.1, 0.15) is 25.0 Å². The highest BCUT2D eigenvalue weighted by molar-refractivity contribution is 5.89. The lowest BCUT2D eigenvalue weighted by atomic mass is 9.96. The zero-order valence-corrected chi connectivity index (χ0v) is 12.1. The highest BCUT2D eigenvalue weighted by Crippen LogP contribution is 2.27. The van der Waals surface area contributed by atoms with E-state index < -0.39 is 0 Å². The minimum atomic E-state index is -0.293. The van der Waals surface area contributed by atoms with E-state index in [4.69, 9.17) is 0 Å². The fourth-order valence-corrected chi connectivity index (χ4v) is 2.18. The quantitative estimate of drug-likeness (QED) is 0.681. The first-order valence-corrected chi connectivity index (χ1v) is 6.58. The molecule has 1 aromatic heterocycles. The molecule has 0 radical (unpaired) electrons. The molecule has 0 aliphatic heterocycles. The van der Waals surface area contributed by atoms with Gasteiger partial charge in [-0.15, -0.1) is 0 Å². The molecule has 0 saturated carbocycles. The van der Waals surface area contributed by atoms with Crippen molar-refractivity contribution < 1.29 is 4.39 Å². The van der Waals surface area contributed by atoms with Gasteiger partial charge in [-0.05, 0) is 55.2 Å². The van der Waals surface area contributed by atoms with Gasteiger partial charge in [-0.1, -0.05) is 30.9 Å². The van der Waals surface area contributed by atoms with Crippen LogP contribution in [0.4, 0.5) is 4.39 Å². The van der Waals surface area contributed by atoms with Crippen LogP contribution < -0.4 is 0 Å². The summed E-state index contributed by atoms with van der Waals surface area (Å²) in [5.74, 6) is -0.293. The molecule has 2 rings (SSSR count). The summed E-state index contributed by atoms with van der Waals surface area (Å²) in [5, 5.41) is 1.09. The van der Waals surface area contributed by atoms with Crippen molar-refractivity contribution in [2.24, 2.45) is 0 Å². The Balaban J connectivity index is 2.60. The van der Waals surface area contributed by atoms with E-state index in [1.165, 1.54) is 6.08 Å². The van der Waals surface area contributed by atoms with Gasteiger partial charge in [0.2, 0.25) is 0 Å². The number of hydrogen-bond acceptors (Lipinski definition) is 1. The lowest BCUT2D eigenvalue weighted by Gasteiger charge is -2.10. The first-order valence-electron chi connectivity index (χ1n) is 6.58. The first-order chi connectivity index (χ1) is 9.54. The van der Waals surface area contributed by atoms with Crippen molar-refractivity contribution in [2.75, 3.05) is 0 Å². The number of fused-ring (bicyclic) bond motifs is 1. The summed E-state index contributed by atoms with van der Waals surface area (Å²) in [4.78, 5) is 4.41. The predicted octanol–water partition coefficient (Wildman–Crippen LogP) is 5.38. The van der Waals surface area contributed by atoms with Gasteiger partial charge in [0.1, 0.15) is 5.83 Å². The molecule has 1 heterocycles. The second-order valence-corrected chi connectivity index (χ2v) is 4.83. The second-order valence-electron chi connectivity index (χ2n) is 4.83. The van der Waals surface area contributed by atoms with Gasteiger partial charge in [0.05, 0.1) is 5.52 Å². The van der Waals surface area contributed by atoms with Crippen molar-refractivity contribution >= 4 is 16.5 Å². The molecule has 102 valence electrons. The van der Waals surface area contributed by atoms with Gasteiger partial charge in [0.25, 0.3) is 0 Å². The minimum Gasteiger partial charge on any atom is -0.256 e. The normalized spacial score (nSPS) is 12.8. The van der Waals surface area contributed by atoms with E-state index in [1.54, 1.807) is 13.1 Å². The van der Waals surface area contributed by atoms with Crippen LogP contribution in [0.2, 0.25) is 0 Å². The Morgan fingerprint density at radius 3 is 2.70 bits per heavy atom. The van der Waals surface area contributed by atoms with Crippen molar-refractivity contribution in [3.05, 3.63) is 71.7 Å². The lowest BCUT2D eigenvalue weighted by Crippen LogP contribution is -1.91. The van der Waals surface area contributed by atoms with Crippen LogP contribution >= 0.6 is 0 Å². The molecule has 0 atom stereocenters. The van der Waals surface area contributed by atoms with Gasteiger partial charge in [-0.2, -0.15) is 0 Å². The van der Waals surface area contributed by atoms with E-state index in [2.05, 4.69) is 11.6 Å². The smallest absolute Gasteiger partial charge is 0.126 e. The maximum absolute atomic E-state index is 13.8. The molecule has 0 spiro atoms. The molecule has 0 unspecified atom stereocenters. The average Bonchev–Trinajstić information content (AvgIpc) is 2.45. The van der Waals surface area contributed by atoms with Gasteiger partial charge >= 0.3 is 0 Å². The highest BCUT2D eigenvalue weighted by atomic mass is 19.1. The Bertz CT molecular complexity index is 723. The largest absolute Gasteiger partial charge is 0.256 e. The molecule has 0 amide bonds. The molecule has 0 saturated heterocycles. The van der Waals surface area contributed by atoms with Gasteiger partial charge < -0.3 is 0 Å². The molecule has 0 fully saturated rings. The van der Waals surface area contributed by atoms with E-state index in [0.29, 0.717) is 5.57 Å². The molecule has 1 nitrogen and oxygen atoms in total. The van der Waals surface area contributed by atoms with Crippen LogP contribution in [0, 0.1) is 6.92 Å². The van der Waals surface area contributed by atoms with Gasteiger partial charge in [-0.25, -0.2) is 4.39 Å². The number of nitrogens with zero attached hydrogens (tertiary/aromatic N) is 1. The molecule has 20 heavy (non-hydrogen) atoms. The minimum absolute atomic E-state index is 0.293. The number of aryl methyl sites for hydroxylation is 1. The number of aromatic nitrogens is 1. The standard InChI is InChI=1S/C18H18FN/c1-5-14(11-17(19)12(2)3)16-9-8-15-7-6-10-20-18(15)13(16)4/h5-11H,2H2,1,3-4H3/b14-5+,17-11+. The maximum atomic E-state index is 13.8. The molecule has 0 aliphatic carbocycles. The van der Waals surface area contributed by atoms with Crippen LogP contribution in [0.5, 0.6) is 0 Å². The van der Waals surface area contributed by atoms with Crippen molar-refractivity contribution in [1.82, 2.24) is 4.98 Å². The van der Waals surface area contributed by atoms with E-state index in [-0.39, 0.29) is 5.83 Å². The molecule has 0 aliphatic rings. The van der Waals surface area contributed by atoms with Crippen LogP contribution in [-0.4, -0.2) is 4.98 Å². The van der Waals surface area contributed by atoms with E-state index in [1.807, 2.05) is 44.2 Å². The maximum Gasteiger partial charge on any atom is 0.126 e. The Morgan fingerprint density at radius 1 is 1.30 bits per heavy atom. The molecule has 0 N–H and O–H groups in total. The number of halogens is 1. The second kappa shape index (κ2) is 5.83. The third-order valence-corrected chi connectivity index (χ3v) is 3.34. The number of allylic oxidation sites excluding steroid dienone is 5. The Morgan fingerprint density at radius 2 is 2.05 bits per heavy atom. The van der Waals surface area contributed by atoms with Crippen LogP contribution in [-0.2, 0) is 0 Å². The Hall–Kier alpha value is -2.22. The number of pyridine rings is 1. The molecular weight excluding hydrogens is 249 g/mol. The Labute approximate surface area is 119 Å².